The van der Waals surface area contributed by atoms with Crippen molar-refractivity contribution in [3.63, 3.8) is 0 Å². The molecule has 2 aliphatic rings. The molecule has 0 spiro atoms. The van der Waals surface area contributed by atoms with E-state index in [0.717, 1.165) is 37.8 Å². The fourth-order valence-electron chi connectivity index (χ4n) is 3.87. The summed E-state index contributed by atoms with van der Waals surface area (Å²) in [5, 5.41) is 4.99. The van der Waals surface area contributed by atoms with Gasteiger partial charge >= 0.3 is 0 Å². The molecule has 1 aromatic rings. The van der Waals surface area contributed by atoms with Gasteiger partial charge in [-0.05, 0) is 30.5 Å². The first kappa shape index (κ1) is 19.3. The van der Waals surface area contributed by atoms with Crippen molar-refractivity contribution >= 4 is 17.7 Å². The molecule has 0 aromatic heterocycles. The molecule has 2 atom stereocenters. The smallest absolute Gasteiger partial charge is 0.246 e. The van der Waals surface area contributed by atoms with Crippen LogP contribution in [0.1, 0.15) is 43.7 Å². The number of carbonyl (C=O) groups excluding carboxylic acids is 3. The van der Waals surface area contributed by atoms with Crippen molar-refractivity contribution in [3.05, 3.63) is 35.4 Å². The van der Waals surface area contributed by atoms with Gasteiger partial charge in [-0.2, -0.15) is 0 Å². The van der Waals surface area contributed by atoms with Gasteiger partial charge in [-0.3, -0.25) is 14.4 Å². The Morgan fingerprint density at radius 3 is 2.52 bits per heavy atom. The van der Waals surface area contributed by atoms with Crippen LogP contribution in [0, 0.1) is 17.6 Å². The van der Waals surface area contributed by atoms with Crippen LogP contribution in [-0.4, -0.2) is 42.3 Å². The van der Waals surface area contributed by atoms with E-state index in [0.29, 0.717) is 6.54 Å². The van der Waals surface area contributed by atoms with Gasteiger partial charge in [0, 0.05) is 26.1 Å². The highest BCUT2D eigenvalue weighted by Crippen LogP contribution is 2.30. The van der Waals surface area contributed by atoms with Crippen LogP contribution < -0.4 is 10.6 Å². The van der Waals surface area contributed by atoms with E-state index < -0.39 is 35.4 Å². The monoisotopic (exact) mass is 379 g/mol. The van der Waals surface area contributed by atoms with Gasteiger partial charge in [-0.25, -0.2) is 8.78 Å². The fourth-order valence-corrected chi connectivity index (χ4v) is 3.87. The quantitative estimate of drug-likeness (QED) is 0.817. The molecule has 1 aliphatic heterocycles. The Balaban J connectivity index is 1.72. The second-order valence-electron chi connectivity index (χ2n) is 7.11. The molecule has 2 fully saturated rings. The minimum Gasteiger partial charge on any atom is -0.357 e. The molecule has 1 saturated heterocycles. The molecule has 3 amide bonds. The van der Waals surface area contributed by atoms with E-state index in [4.69, 9.17) is 0 Å². The Labute approximate surface area is 156 Å². The van der Waals surface area contributed by atoms with Crippen LogP contribution in [0.25, 0.3) is 0 Å². The summed E-state index contributed by atoms with van der Waals surface area (Å²) in [5.74, 6) is -3.73. The van der Waals surface area contributed by atoms with Crippen LogP contribution in [0.2, 0.25) is 0 Å². The van der Waals surface area contributed by atoms with Crippen LogP contribution in [0.3, 0.4) is 0 Å². The van der Waals surface area contributed by atoms with E-state index in [2.05, 4.69) is 10.6 Å². The molecule has 1 aromatic carbocycles. The summed E-state index contributed by atoms with van der Waals surface area (Å²) in [6, 6.07) is 2.08. The molecule has 146 valence electrons. The molecule has 2 N–H and O–H groups in total. The van der Waals surface area contributed by atoms with Crippen LogP contribution in [-0.2, 0) is 14.4 Å². The molecule has 8 heteroatoms. The number of rotatable bonds is 5. The van der Waals surface area contributed by atoms with Crippen molar-refractivity contribution in [2.45, 2.75) is 44.2 Å². The average Bonchev–Trinajstić information content (AvgIpc) is 3.30. The molecule has 6 nitrogen and oxygen atoms in total. The Hall–Kier alpha value is -2.51. The zero-order valence-corrected chi connectivity index (χ0v) is 15.1. The predicted octanol–water partition coefficient (Wildman–Crippen LogP) is 1.66. The number of halogens is 2. The van der Waals surface area contributed by atoms with E-state index >= 15 is 0 Å². The number of carbonyl (C=O) groups is 3. The second kappa shape index (κ2) is 8.02. The number of likely N-dealkylation sites (tertiary alicyclic amines) is 1. The minimum atomic E-state index is -1.16. The molecular weight excluding hydrogens is 356 g/mol. The molecule has 2 unspecified atom stereocenters. The third-order valence-corrected chi connectivity index (χ3v) is 5.37. The zero-order chi connectivity index (χ0) is 19.6. The molecule has 1 saturated carbocycles. The molecule has 1 aliphatic carbocycles. The lowest BCUT2D eigenvalue weighted by atomic mass is 10.0. The van der Waals surface area contributed by atoms with Crippen LogP contribution in [0.5, 0.6) is 0 Å². The van der Waals surface area contributed by atoms with E-state index in [9.17, 15) is 23.2 Å². The first-order valence-electron chi connectivity index (χ1n) is 9.17. The molecule has 0 bridgehead atoms. The number of hydrogen-bond acceptors (Lipinski definition) is 3. The number of benzene rings is 1. The maximum atomic E-state index is 13.5. The van der Waals surface area contributed by atoms with Gasteiger partial charge in [0.25, 0.3) is 0 Å². The summed E-state index contributed by atoms with van der Waals surface area (Å²) < 4.78 is 26.7. The molecule has 27 heavy (non-hydrogen) atoms. The van der Waals surface area contributed by atoms with Crippen molar-refractivity contribution < 1.29 is 23.2 Å². The number of hydrogen-bond donors (Lipinski definition) is 2. The van der Waals surface area contributed by atoms with Gasteiger partial charge in [0.2, 0.25) is 17.7 Å². The molecule has 3 rings (SSSR count). The SMILES string of the molecule is CNC(=O)C(NC(=O)C1CC(=O)N(C2CCCC2)C1)c1ccc(F)c(F)c1. The predicted molar refractivity (Wildman–Crippen MR) is 93.4 cm³/mol. The van der Waals surface area contributed by atoms with Gasteiger partial charge in [0.05, 0.1) is 5.92 Å². The maximum absolute atomic E-state index is 13.5. The fraction of sp³-hybridized carbons (Fsp3) is 0.526. The summed E-state index contributed by atoms with van der Waals surface area (Å²) in [4.78, 5) is 38.9. The maximum Gasteiger partial charge on any atom is 0.246 e. The summed E-state index contributed by atoms with van der Waals surface area (Å²) in [6.07, 6.45) is 4.17. The number of amides is 3. The minimum absolute atomic E-state index is 0.0497. The lowest BCUT2D eigenvalue weighted by Crippen LogP contribution is -2.42. The second-order valence-corrected chi connectivity index (χ2v) is 7.11. The third kappa shape index (κ3) is 4.09. The number of nitrogens with one attached hydrogen (secondary N) is 2. The highest BCUT2D eigenvalue weighted by Gasteiger charge is 2.39. The van der Waals surface area contributed by atoms with E-state index in [1.54, 1.807) is 4.90 Å². The van der Waals surface area contributed by atoms with Gasteiger partial charge in [-0.15, -0.1) is 0 Å². The average molecular weight is 379 g/mol. The topological polar surface area (TPSA) is 78.5 Å². The third-order valence-electron chi connectivity index (χ3n) is 5.37. The van der Waals surface area contributed by atoms with Gasteiger partial charge in [0.15, 0.2) is 11.6 Å². The first-order valence-corrected chi connectivity index (χ1v) is 9.17. The largest absolute Gasteiger partial charge is 0.357 e. The standard InChI is InChI=1S/C19H23F2N3O3/c1-22-19(27)17(11-6-7-14(20)15(21)8-11)23-18(26)12-9-16(25)24(10-12)13-4-2-3-5-13/h6-8,12-13,17H,2-5,9-10H2,1H3,(H,22,27)(H,23,26). The number of nitrogens with zero attached hydrogens (tertiary/aromatic N) is 1. The summed E-state index contributed by atoms with van der Waals surface area (Å²) in [5.41, 5.74) is 0.138. The summed E-state index contributed by atoms with van der Waals surface area (Å²) in [7, 11) is 1.39. The van der Waals surface area contributed by atoms with Crippen molar-refractivity contribution in [1.29, 1.82) is 0 Å². The highest BCUT2D eigenvalue weighted by molar-refractivity contribution is 5.93. The van der Waals surface area contributed by atoms with Crippen molar-refractivity contribution in [2.24, 2.45) is 5.92 Å². The van der Waals surface area contributed by atoms with Crippen molar-refractivity contribution in [2.75, 3.05) is 13.6 Å². The molecular formula is C19H23F2N3O3. The Bertz CT molecular complexity index is 750. The lowest BCUT2D eigenvalue weighted by Gasteiger charge is -2.24. The van der Waals surface area contributed by atoms with Crippen LogP contribution in [0.4, 0.5) is 8.78 Å². The summed E-state index contributed by atoms with van der Waals surface area (Å²) >= 11 is 0. The van der Waals surface area contributed by atoms with E-state index in [-0.39, 0.29) is 23.9 Å². The summed E-state index contributed by atoms with van der Waals surface area (Å²) in [6.45, 7) is 0.327. The Morgan fingerprint density at radius 2 is 1.89 bits per heavy atom. The highest BCUT2D eigenvalue weighted by atomic mass is 19.2. The lowest BCUT2D eigenvalue weighted by molar-refractivity contribution is -0.131. The zero-order valence-electron chi connectivity index (χ0n) is 15.1. The van der Waals surface area contributed by atoms with Crippen LogP contribution >= 0.6 is 0 Å². The van der Waals surface area contributed by atoms with Crippen LogP contribution in [0.15, 0.2) is 18.2 Å². The van der Waals surface area contributed by atoms with Crippen molar-refractivity contribution in [1.82, 2.24) is 15.5 Å². The first-order chi connectivity index (χ1) is 12.9. The Morgan fingerprint density at radius 1 is 1.19 bits per heavy atom. The van der Waals surface area contributed by atoms with Gasteiger partial charge < -0.3 is 15.5 Å². The van der Waals surface area contributed by atoms with Crippen molar-refractivity contribution in [3.8, 4) is 0 Å². The Kier molecular flexibility index (Phi) is 5.72. The molecule has 0 radical (unpaired) electrons. The van der Waals surface area contributed by atoms with Gasteiger partial charge in [-0.1, -0.05) is 18.9 Å². The normalized spacial score (nSPS) is 21.4. The van der Waals surface area contributed by atoms with E-state index in [1.165, 1.54) is 13.1 Å². The van der Waals surface area contributed by atoms with Gasteiger partial charge in [0.1, 0.15) is 6.04 Å². The van der Waals surface area contributed by atoms with E-state index in [1.807, 2.05) is 0 Å². The number of likely N-dealkylation sites (N-methyl/N-ethyl adjacent to an activating group) is 1. The molecule has 1 heterocycles.